The van der Waals surface area contributed by atoms with Gasteiger partial charge in [0.15, 0.2) is 0 Å². The molecular formula is C19H16ClN3O4. The molecule has 0 saturated heterocycles. The highest BCUT2D eigenvalue weighted by atomic mass is 35.5. The number of hydrogen-bond acceptors (Lipinski definition) is 6. The molecule has 3 rings (SSSR count). The Balaban J connectivity index is 2.04. The van der Waals surface area contributed by atoms with Crippen LogP contribution in [0.1, 0.15) is 0 Å². The van der Waals surface area contributed by atoms with Gasteiger partial charge in [0.2, 0.25) is 0 Å². The number of allylic oxidation sites excluding steroid dienone is 2. The zero-order valence-corrected chi connectivity index (χ0v) is 15.4. The van der Waals surface area contributed by atoms with Crippen LogP contribution in [0.25, 0.3) is 5.69 Å². The molecule has 0 fully saturated rings. The second-order valence-electron chi connectivity index (χ2n) is 5.44. The van der Waals surface area contributed by atoms with Crippen LogP contribution in [0.15, 0.2) is 72.4 Å². The minimum absolute atomic E-state index is 0.0595. The summed E-state index contributed by atoms with van der Waals surface area (Å²) in [6.45, 7) is 0. The van der Waals surface area contributed by atoms with E-state index >= 15 is 0 Å². The number of esters is 2. The maximum Gasteiger partial charge on any atom is 0.355 e. The highest BCUT2D eigenvalue weighted by molar-refractivity contribution is 6.30. The van der Waals surface area contributed by atoms with E-state index in [-0.39, 0.29) is 11.3 Å². The molecule has 2 aromatic rings. The van der Waals surface area contributed by atoms with Gasteiger partial charge < -0.3 is 14.4 Å². The highest BCUT2D eigenvalue weighted by Gasteiger charge is 2.27. The second kappa shape index (κ2) is 7.92. The van der Waals surface area contributed by atoms with Crippen molar-refractivity contribution in [2.24, 2.45) is 0 Å². The standard InChI is InChI=1S/C19H16ClN3O4/c1-26-18(24)16-5-3-4-10-22(17(16)19(25)27-2)14-6-8-15(9-7-14)23-12-13(20)11-21-23/h3-12H,1-2H3. The van der Waals surface area contributed by atoms with Crippen LogP contribution in [0.5, 0.6) is 0 Å². The molecule has 8 heteroatoms. The van der Waals surface area contributed by atoms with Crippen LogP contribution in [-0.4, -0.2) is 35.9 Å². The van der Waals surface area contributed by atoms with Crippen molar-refractivity contribution in [3.05, 3.63) is 77.4 Å². The monoisotopic (exact) mass is 385 g/mol. The normalized spacial score (nSPS) is 13.5. The molecule has 2 heterocycles. The molecule has 0 amide bonds. The van der Waals surface area contributed by atoms with Crippen molar-refractivity contribution in [2.45, 2.75) is 0 Å². The number of aromatic nitrogens is 2. The Morgan fingerprint density at radius 2 is 1.67 bits per heavy atom. The Hall–Kier alpha value is -3.32. The number of benzene rings is 1. The van der Waals surface area contributed by atoms with E-state index in [2.05, 4.69) is 5.10 Å². The number of ether oxygens (including phenoxy) is 2. The number of anilines is 1. The van der Waals surface area contributed by atoms with E-state index in [1.54, 1.807) is 52.5 Å². The molecule has 27 heavy (non-hydrogen) atoms. The van der Waals surface area contributed by atoms with Crippen LogP contribution in [0, 0.1) is 0 Å². The van der Waals surface area contributed by atoms with E-state index in [1.165, 1.54) is 20.3 Å². The number of methoxy groups -OCH3 is 2. The summed E-state index contributed by atoms with van der Waals surface area (Å²) in [5.41, 5.74) is 1.60. The van der Waals surface area contributed by atoms with Gasteiger partial charge in [0.25, 0.3) is 0 Å². The van der Waals surface area contributed by atoms with E-state index in [9.17, 15) is 9.59 Å². The predicted molar refractivity (Wildman–Crippen MR) is 100 cm³/mol. The molecule has 1 aliphatic heterocycles. The first-order valence-corrected chi connectivity index (χ1v) is 8.28. The summed E-state index contributed by atoms with van der Waals surface area (Å²) < 4.78 is 11.3. The van der Waals surface area contributed by atoms with Crippen LogP contribution in [0.4, 0.5) is 5.69 Å². The largest absolute Gasteiger partial charge is 0.465 e. The van der Waals surface area contributed by atoms with Gasteiger partial charge in [-0.05, 0) is 36.4 Å². The van der Waals surface area contributed by atoms with Gasteiger partial charge in [0.1, 0.15) is 5.70 Å². The Morgan fingerprint density at radius 1 is 1.00 bits per heavy atom. The lowest BCUT2D eigenvalue weighted by Crippen LogP contribution is -2.26. The molecule has 0 saturated carbocycles. The van der Waals surface area contributed by atoms with E-state index in [1.807, 2.05) is 12.1 Å². The smallest absolute Gasteiger partial charge is 0.355 e. The van der Waals surface area contributed by atoms with Crippen molar-refractivity contribution in [1.29, 1.82) is 0 Å². The maximum atomic E-state index is 12.4. The van der Waals surface area contributed by atoms with Gasteiger partial charge in [-0.3, -0.25) is 0 Å². The second-order valence-corrected chi connectivity index (χ2v) is 5.87. The minimum atomic E-state index is -0.658. The van der Waals surface area contributed by atoms with Crippen LogP contribution in [0.3, 0.4) is 0 Å². The first-order valence-electron chi connectivity index (χ1n) is 7.90. The molecule has 7 nitrogen and oxygen atoms in total. The van der Waals surface area contributed by atoms with Gasteiger partial charge in [0, 0.05) is 18.1 Å². The molecule has 0 radical (unpaired) electrons. The molecule has 0 unspecified atom stereocenters. The fraction of sp³-hybridized carbons (Fsp3) is 0.105. The topological polar surface area (TPSA) is 73.7 Å². The van der Waals surface area contributed by atoms with Crippen LogP contribution in [-0.2, 0) is 19.1 Å². The number of carbonyl (C=O) groups excluding carboxylic acids is 2. The fourth-order valence-corrected chi connectivity index (χ4v) is 2.71. The number of halogens is 1. The Kier molecular flexibility index (Phi) is 5.42. The molecule has 0 N–H and O–H groups in total. The minimum Gasteiger partial charge on any atom is -0.465 e. The SMILES string of the molecule is COC(=O)C1=C(C(=O)OC)N(c2ccc(-n3cc(Cl)cn3)cc2)C=CC=C1. The fourth-order valence-electron chi connectivity index (χ4n) is 2.57. The Morgan fingerprint density at radius 3 is 2.26 bits per heavy atom. The number of nitrogens with zero attached hydrogens (tertiary/aromatic N) is 3. The first kappa shape index (κ1) is 18.5. The summed E-state index contributed by atoms with van der Waals surface area (Å²) in [4.78, 5) is 26.1. The van der Waals surface area contributed by atoms with E-state index in [0.29, 0.717) is 10.7 Å². The number of hydrogen-bond donors (Lipinski definition) is 0. The summed E-state index contributed by atoms with van der Waals surface area (Å²) >= 11 is 5.90. The average Bonchev–Trinajstić information content (AvgIpc) is 3.01. The molecule has 1 aliphatic rings. The van der Waals surface area contributed by atoms with Crippen LogP contribution in [0.2, 0.25) is 5.02 Å². The van der Waals surface area contributed by atoms with Crippen molar-refractivity contribution in [1.82, 2.24) is 9.78 Å². The lowest BCUT2D eigenvalue weighted by atomic mass is 10.1. The Labute approximate surface area is 160 Å². The third-order valence-corrected chi connectivity index (χ3v) is 4.03. The van der Waals surface area contributed by atoms with Gasteiger partial charge in [-0.1, -0.05) is 17.7 Å². The van der Waals surface area contributed by atoms with Gasteiger partial charge in [-0.25, -0.2) is 14.3 Å². The average molecular weight is 386 g/mol. The molecule has 0 aliphatic carbocycles. The summed E-state index contributed by atoms with van der Waals surface area (Å²) in [7, 11) is 2.51. The molecular weight excluding hydrogens is 370 g/mol. The van der Waals surface area contributed by atoms with Gasteiger partial charge in [0.05, 0.1) is 36.7 Å². The van der Waals surface area contributed by atoms with E-state index in [4.69, 9.17) is 21.1 Å². The van der Waals surface area contributed by atoms with Crippen molar-refractivity contribution in [2.75, 3.05) is 19.1 Å². The van der Waals surface area contributed by atoms with E-state index in [0.717, 1.165) is 5.69 Å². The third-order valence-electron chi connectivity index (χ3n) is 3.83. The van der Waals surface area contributed by atoms with Crippen molar-refractivity contribution in [3.63, 3.8) is 0 Å². The molecule has 138 valence electrons. The van der Waals surface area contributed by atoms with Gasteiger partial charge in [-0.15, -0.1) is 0 Å². The molecule has 0 atom stereocenters. The summed E-state index contributed by atoms with van der Waals surface area (Å²) in [6, 6.07) is 7.21. The summed E-state index contributed by atoms with van der Waals surface area (Å²) in [5.74, 6) is -1.29. The molecule has 0 bridgehead atoms. The van der Waals surface area contributed by atoms with Crippen molar-refractivity contribution >= 4 is 29.2 Å². The number of carbonyl (C=O) groups is 2. The van der Waals surface area contributed by atoms with Gasteiger partial charge >= 0.3 is 11.9 Å². The molecule has 1 aromatic heterocycles. The molecule has 0 spiro atoms. The van der Waals surface area contributed by atoms with Crippen molar-refractivity contribution < 1.29 is 19.1 Å². The Bertz CT molecular complexity index is 958. The summed E-state index contributed by atoms with van der Waals surface area (Å²) in [6.07, 6.45) is 9.75. The molecule has 1 aromatic carbocycles. The lowest BCUT2D eigenvalue weighted by molar-refractivity contribution is -0.139. The van der Waals surface area contributed by atoms with Crippen LogP contribution < -0.4 is 4.90 Å². The predicted octanol–water partition coefficient (Wildman–Crippen LogP) is 3.02. The zero-order chi connectivity index (χ0) is 19.4. The van der Waals surface area contributed by atoms with Gasteiger partial charge in [-0.2, -0.15) is 5.10 Å². The lowest BCUT2D eigenvalue weighted by Gasteiger charge is -2.23. The first-order chi connectivity index (χ1) is 13.0. The van der Waals surface area contributed by atoms with Crippen LogP contribution >= 0.6 is 11.6 Å². The quantitative estimate of drug-likeness (QED) is 0.753. The highest BCUT2D eigenvalue weighted by Crippen LogP contribution is 2.27. The summed E-state index contributed by atoms with van der Waals surface area (Å²) in [5, 5.41) is 4.68. The maximum absolute atomic E-state index is 12.4. The van der Waals surface area contributed by atoms with Crippen molar-refractivity contribution in [3.8, 4) is 5.69 Å². The van der Waals surface area contributed by atoms with E-state index < -0.39 is 11.9 Å². The number of rotatable bonds is 4. The zero-order valence-electron chi connectivity index (χ0n) is 14.6. The third kappa shape index (κ3) is 3.78.